The maximum atomic E-state index is 12.7. The molecule has 4 heteroatoms. The van der Waals surface area contributed by atoms with Gasteiger partial charge in [0.05, 0.1) is 5.60 Å². The minimum Gasteiger partial charge on any atom is -0.389 e. The first-order valence-corrected chi connectivity index (χ1v) is 8.46. The Balaban J connectivity index is 1.63. The summed E-state index contributed by atoms with van der Waals surface area (Å²) in [4.78, 5) is 18.8. The maximum Gasteiger partial charge on any atom is 0.253 e. The Kier molecular flexibility index (Phi) is 4.67. The van der Waals surface area contributed by atoms with E-state index in [1.807, 2.05) is 55.1 Å². The minimum absolute atomic E-state index is 0.0537. The first-order valence-electron chi connectivity index (χ1n) is 8.46. The van der Waals surface area contributed by atoms with Crippen LogP contribution in [0.2, 0.25) is 0 Å². The molecule has 1 fully saturated rings. The Hall–Kier alpha value is -2.20. The van der Waals surface area contributed by atoms with E-state index >= 15 is 0 Å². The predicted molar refractivity (Wildman–Crippen MR) is 93.9 cm³/mol. The van der Waals surface area contributed by atoms with Crippen LogP contribution in [-0.2, 0) is 6.42 Å². The monoisotopic (exact) mass is 324 g/mol. The zero-order chi connectivity index (χ0) is 17.2. The predicted octanol–water partition coefficient (Wildman–Crippen LogP) is 2.91. The highest BCUT2D eigenvalue weighted by Crippen LogP contribution is 2.27. The van der Waals surface area contributed by atoms with Crippen molar-refractivity contribution in [1.29, 1.82) is 0 Å². The molecule has 1 aliphatic rings. The van der Waals surface area contributed by atoms with E-state index in [0.717, 1.165) is 16.8 Å². The van der Waals surface area contributed by atoms with Crippen molar-refractivity contribution in [2.45, 2.75) is 38.7 Å². The lowest BCUT2D eigenvalue weighted by atomic mass is 9.86. The Morgan fingerprint density at radius 2 is 1.92 bits per heavy atom. The van der Waals surface area contributed by atoms with Gasteiger partial charge < -0.3 is 10.0 Å². The van der Waals surface area contributed by atoms with Gasteiger partial charge in [-0.05, 0) is 62.1 Å². The van der Waals surface area contributed by atoms with Crippen LogP contribution in [-0.4, -0.2) is 39.6 Å². The maximum absolute atomic E-state index is 12.7. The van der Waals surface area contributed by atoms with Gasteiger partial charge in [0, 0.05) is 37.0 Å². The fourth-order valence-electron chi connectivity index (χ4n) is 3.20. The van der Waals surface area contributed by atoms with Crippen LogP contribution in [0.3, 0.4) is 0 Å². The molecule has 0 spiro atoms. The van der Waals surface area contributed by atoms with Gasteiger partial charge in [0.1, 0.15) is 0 Å². The van der Waals surface area contributed by atoms with Crippen LogP contribution in [0.25, 0.3) is 0 Å². The molecule has 1 aliphatic heterocycles. The smallest absolute Gasteiger partial charge is 0.253 e. The Morgan fingerprint density at radius 3 is 2.54 bits per heavy atom. The van der Waals surface area contributed by atoms with Gasteiger partial charge in [-0.1, -0.05) is 12.1 Å². The number of amides is 1. The number of carbonyl (C=O) groups excluding carboxylic acids is 1. The third-order valence-corrected chi connectivity index (χ3v) is 4.97. The average molecular weight is 324 g/mol. The molecule has 4 nitrogen and oxygen atoms in total. The summed E-state index contributed by atoms with van der Waals surface area (Å²) in [7, 11) is 0. The second kappa shape index (κ2) is 6.73. The van der Waals surface area contributed by atoms with Gasteiger partial charge in [0.15, 0.2) is 0 Å². The minimum atomic E-state index is -0.770. The quantitative estimate of drug-likeness (QED) is 0.944. The van der Waals surface area contributed by atoms with Crippen molar-refractivity contribution in [3.05, 3.63) is 65.0 Å². The number of carbonyl (C=O) groups is 1. The van der Waals surface area contributed by atoms with Crippen LogP contribution in [0.4, 0.5) is 0 Å². The van der Waals surface area contributed by atoms with Crippen LogP contribution in [0.1, 0.15) is 40.0 Å². The molecule has 1 N–H and O–H groups in total. The highest BCUT2D eigenvalue weighted by Gasteiger charge is 2.34. The molecule has 0 radical (unpaired) electrons. The molecule has 3 rings (SSSR count). The van der Waals surface area contributed by atoms with Crippen molar-refractivity contribution in [1.82, 2.24) is 9.88 Å². The Morgan fingerprint density at radius 1 is 1.17 bits per heavy atom. The third-order valence-electron chi connectivity index (χ3n) is 4.97. The number of aryl methyl sites for hydroxylation is 2. The molecule has 0 aliphatic carbocycles. The summed E-state index contributed by atoms with van der Waals surface area (Å²) in [5.74, 6) is 0.0537. The number of aromatic nitrogens is 1. The van der Waals surface area contributed by atoms with Crippen molar-refractivity contribution in [2.24, 2.45) is 0 Å². The van der Waals surface area contributed by atoms with Crippen molar-refractivity contribution in [3.63, 3.8) is 0 Å². The number of piperidine rings is 1. The van der Waals surface area contributed by atoms with E-state index in [1.54, 1.807) is 6.20 Å². The third kappa shape index (κ3) is 3.65. The van der Waals surface area contributed by atoms with Gasteiger partial charge in [0.25, 0.3) is 5.91 Å². The summed E-state index contributed by atoms with van der Waals surface area (Å²) in [6, 6.07) is 11.6. The normalized spacial score (nSPS) is 16.9. The van der Waals surface area contributed by atoms with Crippen LogP contribution < -0.4 is 0 Å². The van der Waals surface area contributed by atoms with Crippen LogP contribution in [0.5, 0.6) is 0 Å². The molecule has 2 aromatic rings. The summed E-state index contributed by atoms with van der Waals surface area (Å²) >= 11 is 0. The second-order valence-electron chi connectivity index (χ2n) is 6.81. The number of rotatable bonds is 3. The van der Waals surface area contributed by atoms with Gasteiger partial charge in [-0.2, -0.15) is 0 Å². The topological polar surface area (TPSA) is 53.4 Å². The number of likely N-dealkylation sites (tertiary alicyclic amines) is 1. The molecular weight excluding hydrogens is 300 g/mol. The van der Waals surface area contributed by atoms with Gasteiger partial charge >= 0.3 is 0 Å². The van der Waals surface area contributed by atoms with Crippen LogP contribution in [0, 0.1) is 13.8 Å². The van der Waals surface area contributed by atoms with Crippen molar-refractivity contribution < 1.29 is 9.90 Å². The molecular formula is C20H24N2O2. The van der Waals surface area contributed by atoms with Gasteiger partial charge in [-0.25, -0.2) is 0 Å². The second-order valence-corrected chi connectivity index (χ2v) is 6.81. The van der Waals surface area contributed by atoms with E-state index in [-0.39, 0.29) is 5.91 Å². The lowest BCUT2D eigenvalue weighted by Crippen LogP contribution is -2.47. The molecule has 1 amide bonds. The van der Waals surface area contributed by atoms with E-state index < -0.39 is 5.60 Å². The average Bonchev–Trinajstić information content (AvgIpc) is 2.58. The molecule has 1 saturated heterocycles. The van der Waals surface area contributed by atoms with E-state index in [2.05, 4.69) is 4.98 Å². The molecule has 0 unspecified atom stereocenters. The van der Waals surface area contributed by atoms with E-state index in [0.29, 0.717) is 32.4 Å². The fraction of sp³-hybridized carbons (Fsp3) is 0.400. The fourth-order valence-corrected chi connectivity index (χ4v) is 3.20. The summed E-state index contributed by atoms with van der Waals surface area (Å²) in [6.07, 6.45) is 3.46. The molecule has 0 saturated carbocycles. The lowest BCUT2D eigenvalue weighted by Gasteiger charge is -2.38. The SMILES string of the molecule is Cc1ccc(C(=O)N2CCC(O)(Cc3ccccn3)CC2)cc1C. The molecule has 0 bridgehead atoms. The lowest BCUT2D eigenvalue weighted by molar-refractivity contribution is -0.0168. The number of benzene rings is 1. The molecule has 24 heavy (non-hydrogen) atoms. The van der Waals surface area contributed by atoms with E-state index in [9.17, 15) is 9.90 Å². The zero-order valence-electron chi connectivity index (χ0n) is 14.3. The summed E-state index contributed by atoms with van der Waals surface area (Å²) < 4.78 is 0. The number of pyridine rings is 1. The Bertz CT molecular complexity index is 720. The molecule has 0 atom stereocenters. The van der Waals surface area contributed by atoms with E-state index in [4.69, 9.17) is 0 Å². The van der Waals surface area contributed by atoms with E-state index in [1.165, 1.54) is 5.56 Å². The summed E-state index contributed by atoms with van der Waals surface area (Å²) in [5.41, 5.74) is 3.18. The molecule has 1 aromatic carbocycles. The number of hydrogen-bond donors (Lipinski definition) is 1. The van der Waals surface area contributed by atoms with Crippen molar-refractivity contribution in [2.75, 3.05) is 13.1 Å². The standard InChI is InChI=1S/C20H24N2O2/c1-15-6-7-17(13-16(15)2)19(23)22-11-8-20(24,9-12-22)14-18-5-3-4-10-21-18/h3-7,10,13,24H,8-9,11-12,14H2,1-2H3. The summed E-state index contributed by atoms with van der Waals surface area (Å²) in [5, 5.41) is 10.8. The van der Waals surface area contributed by atoms with Crippen LogP contribution >= 0.6 is 0 Å². The molecule has 2 heterocycles. The highest BCUT2D eigenvalue weighted by atomic mass is 16.3. The molecule has 1 aromatic heterocycles. The van der Waals surface area contributed by atoms with Crippen LogP contribution in [0.15, 0.2) is 42.6 Å². The largest absolute Gasteiger partial charge is 0.389 e. The van der Waals surface area contributed by atoms with Gasteiger partial charge in [-0.15, -0.1) is 0 Å². The molecule has 126 valence electrons. The number of aliphatic hydroxyl groups is 1. The number of nitrogens with zero attached hydrogens (tertiary/aromatic N) is 2. The van der Waals surface area contributed by atoms with Crippen molar-refractivity contribution in [3.8, 4) is 0 Å². The summed E-state index contributed by atoms with van der Waals surface area (Å²) in [6.45, 7) is 5.22. The zero-order valence-corrected chi connectivity index (χ0v) is 14.3. The number of hydrogen-bond acceptors (Lipinski definition) is 3. The van der Waals surface area contributed by atoms with Gasteiger partial charge in [0.2, 0.25) is 0 Å². The Labute approximate surface area is 143 Å². The van der Waals surface area contributed by atoms with Gasteiger partial charge in [-0.3, -0.25) is 9.78 Å². The highest BCUT2D eigenvalue weighted by molar-refractivity contribution is 5.94. The first-order chi connectivity index (χ1) is 11.5. The first kappa shape index (κ1) is 16.7. The van der Waals surface area contributed by atoms with Crippen molar-refractivity contribution >= 4 is 5.91 Å².